The molecule has 0 bridgehead atoms. The summed E-state index contributed by atoms with van der Waals surface area (Å²) in [5.41, 5.74) is 11.3. The van der Waals surface area contributed by atoms with Gasteiger partial charge in [-0.25, -0.2) is 17.5 Å². The Balaban J connectivity index is 0.000000616. The predicted octanol–water partition coefficient (Wildman–Crippen LogP) is 5.08. The van der Waals surface area contributed by atoms with E-state index in [1.54, 1.807) is 11.2 Å². The van der Waals surface area contributed by atoms with Gasteiger partial charge in [0.25, 0.3) is 5.91 Å². The van der Waals surface area contributed by atoms with Crippen LogP contribution < -0.4 is 11.1 Å². The van der Waals surface area contributed by atoms with Gasteiger partial charge in [-0.1, -0.05) is 25.1 Å². The number of fused-ring (bicyclic) bond motifs is 1. The molecule has 1 atom stereocenters. The lowest BCUT2D eigenvalue weighted by atomic mass is 9.88. The lowest BCUT2D eigenvalue weighted by molar-refractivity contribution is -0.161. The summed E-state index contributed by atoms with van der Waals surface area (Å²) in [7, 11) is -3.17. The van der Waals surface area contributed by atoms with E-state index in [0.717, 1.165) is 53.4 Å². The number of primary amides is 1. The first-order valence-corrected chi connectivity index (χ1v) is 15.6. The van der Waals surface area contributed by atoms with Crippen molar-refractivity contribution in [2.75, 3.05) is 18.8 Å². The average molecular weight is 607 g/mol. The number of carboxylic acid groups (broad SMARTS) is 1. The molecule has 5 N–H and O–H groups in total. The number of nitrogens with one attached hydrogen (secondary N) is 2. The molecular weight excluding hydrogens is 566 g/mol. The normalized spacial score (nSPS) is 15.7. The molecule has 2 heterocycles. The predicted molar refractivity (Wildman–Crippen MR) is 160 cm³/mol. The number of sulfonamides is 1. The number of aliphatic carboxylic acids is 1. The first kappa shape index (κ1) is 33.2. The van der Waals surface area contributed by atoms with Crippen molar-refractivity contribution in [3.8, 4) is 11.1 Å². The Bertz CT molecular complexity index is 1510. The molecular formula is C30H40F2N4O5S. The summed E-state index contributed by atoms with van der Waals surface area (Å²) in [5, 5.41) is 12.0. The summed E-state index contributed by atoms with van der Waals surface area (Å²) >= 11 is 0. The second-order valence-corrected chi connectivity index (χ2v) is 13.0. The third-order valence-corrected chi connectivity index (χ3v) is 9.52. The molecule has 4 rings (SSSR count). The molecule has 3 aromatic rings. The fourth-order valence-electron chi connectivity index (χ4n) is 4.88. The number of nitrogens with zero attached hydrogens (tertiary/aromatic N) is 1. The number of benzene rings is 2. The van der Waals surface area contributed by atoms with Crippen molar-refractivity contribution in [1.29, 1.82) is 0 Å². The quantitative estimate of drug-likeness (QED) is 0.253. The van der Waals surface area contributed by atoms with Gasteiger partial charge >= 0.3 is 11.9 Å². The number of hydrogen-bond acceptors (Lipinski definition) is 5. The number of hydrogen-bond donors (Lipinski definition) is 4. The molecule has 42 heavy (non-hydrogen) atoms. The van der Waals surface area contributed by atoms with Crippen molar-refractivity contribution in [3.05, 3.63) is 59.3 Å². The molecule has 1 saturated heterocycles. The Labute approximate surface area is 245 Å². The molecule has 12 heteroatoms. The topological polar surface area (TPSA) is 146 Å². The summed E-state index contributed by atoms with van der Waals surface area (Å²) < 4.78 is 48.6. The van der Waals surface area contributed by atoms with Gasteiger partial charge in [0.15, 0.2) is 0 Å². The maximum Gasteiger partial charge on any atom is 0.374 e. The van der Waals surface area contributed by atoms with Crippen LogP contribution in [0.4, 0.5) is 8.78 Å². The van der Waals surface area contributed by atoms with E-state index in [9.17, 15) is 26.8 Å². The minimum Gasteiger partial charge on any atom is -0.477 e. The number of rotatable bonds is 10. The zero-order chi connectivity index (χ0) is 31.2. The average Bonchev–Trinajstić information content (AvgIpc) is 3.39. The number of carbonyl (C=O) groups is 2. The van der Waals surface area contributed by atoms with Crippen LogP contribution in [0.5, 0.6) is 0 Å². The van der Waals surface area contributed by atoms with Crippen LogP contribution in [0.1, 0.15) is 74.4 Å². The molecule has 1 aromatic heterocycles. The number of aromatic amines is 1. The number of halogens is 2. The van der Waals surface area contributed by atoms with E-state index in [-0.39, 0.29) is 11.7 Å². The van der Waals surface area contributed by atoms with Gasteiger partial charge < -0.3 is 21.1 Å². The molecule has 1 aliphatic heterocycles. The van der Waals surface area contributed by atoms with E-state index in [0.29, 0.717) is 31.6 Å². The lowest BCUT2D eigenvalue weighted by Gasteiger charge is -2.31. The van der Waals surface area contributed by atoms with Crippen molar-refractivity contribution in [1.82, 2.24) is 14.6 Å². The molecule has 1 aliphatic rings. The summed E-state index contributed by atoms with van der Waals surface area (Å²) in [6.07, 6.45) is 4.53. The zero-order valence-electron chi connectivity index (χ0n) is 24.4. The highest BCUT2D eigenvalue weighted by atomic mass is 32.2. The third-order valence-electron chi connectivity index (χ3n) is 7.64. The van der Waals surface area contributed by atoms with Crippen molar-refractivity contribution in [3.63, 3.8) is 0 Å². The first-order valence-electron chi connectivity index (χ1n) is 14.0. The van der Waals surface area contributed by atoms with Gasteiger partial charge in [-0.2, -0.15) is 8.78 Å². The fourth-order valence-corrected chi connectivity index (χ4v) is 6.01. The van der Waals surface area contributed by atoms with E-state index in [4.69, 9.17) is 10.8 Å². The SMILES string of the molecule is CC(F)(F)C(=O)O.CC[C@@H](C)NCc1cccc(-c2cc(C(N)=O)c3[nH]cc(C4CCN(S(=O)(=O)CC)CC4)c3c2)c1. The first-order chi connectivity index (χ1) is 19.7. The summed E-state index contributed by atoms with van der Waals surface area (Å²) in [6, 6.07) is 12.8. The number of alkyl halides is 2. The van der Waals surface area contributed by atoms with Gasteiger partial charge in [0.1, 0.15) is 0 Å². The number of carboxylic acids is 1. The highest BCUT2D eigenvalue weighted by Crippen LogP contribution is 2.37. The Kier molecular flexibility index (Phi) is 10.9. The second kappa shape index (κ2) is 13.7. The zero-order valence-corrected chi connectivity index (χ0v) is 25.2. The van der Waals surface area contributed by atoms with Crippen LogP contribution in [0.3, 0.4) is 0 Å². The molecule has 0 unspecified atom stereocenters. The van der Waals surface area contributed by atoms with Gasteiger partial charge in [0.05, 0.1) is 16.8 Å². The number of amides is 1. The minimum atomic E-state index is -3.58. The largest absolute Gasteiger partial charge is 0.477 e. The molecule has 230 valence electrons. The highest BCUT2D eigenvalue weighted by Gasteiger charge is 2.31. The molecule has 0 spiro atoms. The van der Waals surface area contributed by atoms with Crippen molar-refractivity contribution in [2.24, 2.45) is 5.73 Å². The monoisotopic (exact) mass is 606 g/mol. The Morgan fingerprint density at radius 1 is 1.17 bits per heavy atom. The fraction of sp³-hybridized carbons (Fsp3) is 0.467. The molecule has 0 radical (unpaired) electrons. The van der Waals surface area contributed by atoms with Gasteiger partial charge in [-0.05, 0) is 79.5 Å². The van der Waals surface area contributed by atoms with Gasteiger partial charge in [-0.3, -0.25) is 4.79 Å². The van der Waals surface area contributed by atoms with Crippen LogP contribution in [-0.2, 0) is 21.4 Å². The summed E-state index contributed by atoms with van der Waals surface area (Å²) in [6.45, 7) is 8.16. The van der Waals surface area contributed by atoms with Crippen LogP contribution in [0, 0.1) is 0 Å². The molecule has 2 aromatic carbocycles. The number of H-pyrrole nitrogens is 1. The van der Waals surface area contributed by atoms with E-state index in [1.165, 1.54) is 5.56 Å². The standard InChI is InChI=1S/C27H36N4O3S.C3H4F2O2/c1-4-18(3)29-16-19-7-6-8-21(13-19)22-14-23-25(17-30-26(23)24(15-22)27(28)32)20-9-11-31(12-10-20)35(33,34)5-2;1-3(4,5)2(6)7/h6-8,13-15,17-18,20,29-30H,4-5,9-12,16H2,1-3H3,(H2,28,32);1H3,(H,6,7)/t18-;/m1./s1. The van der Waals surface area contributed by atoms with Crippen LogP contribution in [0.15, 0.2) is 42.6 Å². The number of aromatic nitrogens is 1. The van der Waals surface area contributed by atoms with Crippen LogP contribution in [0.2, 0.25) is 0 Å². The highest BCUT2D eigenvalue weighted by molar-refractivity contribution is 7.89. The van der Waals surface area contributed by atoms with Gasteiger partial charge in [0, 0.05) is 44.2 Å². The second-order valence-electron chi connectivity index (χ2n) is 10.7. The molecule has 0 aliphatic carbocycles. The third kappa shape index (κ3) is 8.14. The van der Waals surface area contributed by atoms with E-state index in [1.807, 2.05) is 18.3 Å². The Morgan fingerprint density at radius 2 is 1.81 bits per heavy atom. The number of piperidine rings is 1. The van der Waals surface area contributed by atoms with Crippen molar-refractivity contribution < 1.29 is 31.9 Å². The minimum absolute atomic E-state index is 0.127. The summed E-state index contributed by atoms with van der Waals surface area (Å²) in [5.74, 6) is -5.80. The Morgan fingerprint density at radius 3 is 2.36 bits per heavy atom. The number of nitrogens with two attached hydrogens (primary N) is 1. The van der Waals surface area contributed by atoms with Gasteiger partial charge in [-0.15, -0.1) is 0 Å². The van der Waals surface area contributed by atoms with Crippen molar-refractivity contribution in [2.45, 2.75) is 71.4 Å². The molecule has 9 nitrogen and oxygen atoms in total. The summed E-state index contributed by atoms with van der Waals surface area (Å²) in [4.78, 5) is 24.9. The van der Waals surface area contributed by atoms with Crippen LogP contribution in [0.25, 0.3) is 22.0 Å². The number of carbonyl (C=O) groups excluding carboxylic acids is 1. The maximum absolute atomic E-state index is 12.4. The smallest absolute Gasteiger partial charge is 0.374 e. The van der Waals surface area contributed by atoms with E-state index >= 15 is 0 Å². The van der Waals surface area contributed by atoms with E-state index < -0.39 is 27.8 Å². The van der Waals surface area contributed by atoms with Crippen LogP contribution in [-0.4, -0.2) is 65.5 Å². The maximum atomic E-state index is 12.4. The molecule has 1 fully saturated rings. The van der Waals surface area contributed by atoms with E-state index in [2.05, 4.69) is 48.4 Å². The van der Waals surface area contributed by atoms with Crippen LogP contribution >= 0.6 is 0 Å². The van der Waals surface area contributed by atoms with Gasteiger partial charge in [0.2, 0.25) is 10.0 Å². The molecule has 1 amide bonds. The lowest BCUT2D eigenvalue weighted by Crippen LogP contribution is -2.38. The van der Waals surface area contributed by atoms with Crippen molar-refractivity contribution >= 4 is 32.8 Å². The molecule has 0 saturated carbocycles. The Hall–Kier alpha value is -3.35.